The highest BCUT2D eigenvalue weighted by atomic mass is 32.1. The first-order valence-electron chi connectivity index (χ1n) is 6.71. The van der Waals surface area contributed by atoms with E-state index in [0.717, 1.165) is 15.0 Å². The van der Waals surface area contributed by atoms with Crippen LogP contribution in [0.15, 0.2) is 52.7 Å². The van der Waals surface area contributed by atoms with Crippen LogP contribution < -0.4 is 4.80 Å². The summed E-state index contributed by atoms with van der Waals surface area (Å²) in [7, 11) is 1.94. The first kappa shape index (κ1) is 14.3. The second-order valence-corrected chi connectivity index (χ2v) is 5.91. The van der Waals surface area contributed by atoms with Crippen molar-refractivity contribution in [1.82, 2.24) is 4.57 Å². The number of aromatic hydroxyl groups is 2. The van der Waals surface area contributed by atoms with Crippen molar-refractivity contribution in [3.05, 3.63) is 52.8 Å². The zero-order chi connectivity index (χ0) is 15.7. The van der Waals surface area contributed by atoms with Crippen molar-refractivity contribution in [2.75, 3.05) is 0 Å². The molecule has 0 amide bonds. The molecule has 3 rings (SSSR count). The van der Waals surface area contributed by atoms with E-state index in [-0.39, 0.29) is 11.5 Å². The lowest BCUT2D eigenvalue weighted by molar-refractivity contribution is 0.459. The Kier molecular flexibility index (Phi) is 3.68. The minimum absolute atomic E-state index is 0.0648. The topological polar surface area (TPSA) is 70.1 Å². The van der Waals surface area contributed by atoms with E-state index in [1.54, 1.807) is 18.3 Å². The third-order valence-electron chi connectivity index (χ3n) is 3.37. The van der Waals surface area contributed by atoms with Crippen molar-refractivity contribution in [2.45, 2.75) is 6.92 Å². The Morgan fingerprint density at radius 2 is 1.91 bits per heavy atom. The van der Waals surface area contributed by atoms with Crippen LogP contribution in [0, 0.1) is 0 Å². The monoisotopic (exact) mass is 313 g/mol. The Morgan fingerprint density at radius 3 is 2.68 bits per heavy atom. The van der Waals surface area contributed by atoms with Crippen molar-refractivity contribution in [2.24, 2.45) is 17.3 Å². The summed E-state index contributed by atoms with van der Waals surface area (Å²) in [5.74, 6) is 0.143. The summed E-state index contributed by atoms with van der Waals surface area (Å²) in [6.45, 7) is 1.74. The molecule has 0 bridgehead atoms. The van der Waals surface area contributed by atoms with Crippen molar-refractivity contribution in [1.29, 1.82) is 0 Å². The van der Waals surface area contributed by atoms with Gasteiger partial charge < -0.3 is 14.8 Å². The van der Waals surface area contributed by atoms with Gasteiger partial charge in [0.25, 0.3) is 0 Å². The van der Waals surface area contributed by atoms with Gasteiger partial charge in [-0.2, -0.15) is 5.10 Å². The molecule has 0 saturated heterocycles. The number of aryl methyl sites for hydroxylation is 1. The maximum atomic E-state index is 9.84. The molecule has 0 saturated carbocycles. The predicted octanol–water partition coefficient (Wildman–Crippen LogP) is 2.98. The molecule has 3 aromatic rings. The van der Waals surface area contributed by atoms with Gasteiger partial charge in [-0.1, -0.05) is 23.5 Å². The van der Waals surface area contributed by atoms with E-state index in [2.05, 4.69) is 10.2 Å². The lowest BCUT2D eigenvalue weighted by Gasteiger charge is -2.02. The molecule has 0 atom stereocenters. The number of phenols is 2. The van der Waals surface area contributed by atoms with Gasteiger partial charge in [0.1, 0.15) is 11.5 Å². The van der Waals surface area contributed by atoms with E-state index in [9.17, 15) is 10.2 Å². The molecule has 112 valence electrons. The molecule has 5 nitrogen and oxygen atoms in total. The summed E-state index contributed by atoms with van der Waals surface area (Å²) in [6, 6.07) is 12.4. The first-order valence-corrected chi connectivity index (χ1v) is 7.53. The van der Waals surface area contributed by atoms with E-state index in [4.69, 9.17) is 0 Å². The molecule has 22 heavy (non-hydrogen) atoms. The molecule has 0 unspecified atom stereocenters. The number of hydrogen-bond acceptors (Lipinski definition) is 5. The molecule has 6 heteroatoms. The summed E-state index contributed by atoms with van der Waals surface area (Å²) in [5, 5.41) is 27.8. The fourth-order valence-electron chi connectivity index (χ4n) is 2.16. The van der Waals surface area contributed by atoms with Crippen LogP contribution in [0.1, 0.15) is 12.5 Å². The Balaban J connectivity index is 2.07. The molecule has 0 aliphatic carbocycles. The average Bonchev–Trinajstić information content (AvgIpc) is 2.84. The van der Waals surface area contributed by atoms with Gasteiger partial charge in [-0.3, -0.25) is 0 Å². The summed E-state index contributed by atoms with van der Waals surface area (Å²) >= 11 is 1.55. The Hall–Kier alpha value is -2.60. The highest BCUT2D eigenvalue weighted by Gasteiger charge is 2.06. The molecule has 0 aliphatic rings. The van der Waals surface area contributed by atoms with Crippen molar-refractivity contribution in [3.8, 4) is 11.5 Å². The van der Waals surface area contributed by atoms with Crippen LogP contribution in [0.2, 0.25) is 0 Å². The Morgan fingerprint density at radius 1 is 1.14 bits per heavy atom. The van der Waals surface area contributed by atoms with Crippen LogP contribution in [0.25, 0.3) is 10.2 Å². The van der Waals surface area contributed by atoms with E-state index >= 15 is 0 Å². The minimum atomic E-state index is 0.0648. The van der Waals surface area contributed by atoms with E-state index < -0.39 is 0 Å². The molecule has 0 radical (unpaired) electrons. The number of aromatic nitrogens is 1. The van der Waals surface area contributed by atoms with E-state index in [1.807, 2.05) is 35.9 Å². The molecule has 2 aromatic carbocycles. The fourth-order valence-corrected chi connectivity index (χ4v) is 3.13. The summed E-state index contributed by atoms with van der Waals surface area (Å²) in [5.41, 5.74) is 2.10. The van der Waals surface area contributed by atoms with Crippen LogP contribution in [0.5, 0.6) is 11.5 Å². The maximum absolute atomic E-state index is 9.84. The number of para-hydroxylation sites is 1. The molecule has 0 fully saturated rings. The van der Waals surface area contributed by atoms with Crippen molar-refractivity contribution >= 4 is 27.3 Å². The van der Waals surface area contributed by atoms with Crippen LogP contribution in [0.3, 0.4) is 0 Å². The highest BCUT2D eigenvalue weighted by molar-refractivity contribution is 7.16. The highest BCUT2D eigenvalue weighted by Crippen LogP contribution is 2.22. The number of thiazole rings is 1. The van der Waals surface area contributed by atoms with Gasteiger partial charge in [0.05, 0.1) is 15.9 Å². The fraction of sp³-hybridized carbons (Fsp3) is 0.125. The molecular weight excluding hydrogens is 298 g/mol. The normalized spacial score (nSPS) is 13.0. The largest absolute Gasteiger partial charge is 0.508 e. The second kappa shape index (κ2) is 5.65. The number of benzene rings is 2. The molecule has 2 N–H and O–H groups in total. The molecule has 0 spiro atoms. The van der Waals surface area contributed by atoms with Crippen molar-refractivity contribution in [3.63, 3.8) is 0 Å². The first-order chi connectivity index (χ1) is 10.6. The minimum Gasteiger partial charge on any atom is -0.508 e. The zero-order valence-electron chi connectivity index (χ0n) is 12.2. The van der Waals surface area contributed by atoms with Crippen LogP contribution in [0.4, 0.5) is 0 Å². The Bertz CT molecular complexity index is 938. The average molecular weight is 313 g/mol. The van der Waals surface area contributed by atoms with Gasteiger partial charge in [-0.05, 0) is 37.3 Å². The summed E-state index contributed by atoms with van der Waals surface area (Å²) < 4.78 is 3.11. The van der Waals surface area contributed by atoms with Crippen molar-refractivity contribution < 1.29 is 10.2 Å². The van der Waals surface area contributed by atoms with Gasteiger partial charge in [-0.15, -0.1) is 5.10 Å². The lowest BCUT2D eigenvalue weighted by atomic mass is 10.1. The predicted molar refractivity (Wildman–Crippen MR) is 88.3 cm³/mol. The second-order valence-electron chi connectivity index (χ2n) is 4.90. The lowest BCUT2D eigenvalue weighted by Crippen LogP contribution is -2.09. The van der Waals surface area contributed by atoms with Gasteiger partial charge in [0.2, 0.25) is 4.80 Å². The van der Waals surface area contributed by atoms with Gasteiger partial charge in [0.15, 0.2) is 0 Å². The number of phenolic OH excluding ortho intramolecular Hbond substituents is 2. The molecular formula is C16H15N3O2S. The number of fused-ring (bicyclic) bond motifs is 1. The Labute approximate surface area is 131 Å². The molecule has 0 aliphatic heterocycles. The summed E-state index contributed by atoms with van der Waals surface area (Å²) in [4.78, 5) is 0.764. The SMILES string of the molecule is C/C(=N\N=c1/sc2ccccc2n1C)c1cc(O)ccc1O. The number of hydrogen-bond donors (Lipinski definition) is 2. The van der Waals surface area contributed by atoms with E-state index in [0.29, 0.717) is 11.3 Å². The number of nitrogens with zero attached hydrogens (tertiary/aromatic N) is 3. The molecule has 1 aromatic heterocycles. The third-order valence-corrected chi connectivity index (χ3v) is 4.47. The zero-order valence-corrected chi connectivity index (χ0v) is 13.0. The number of rotatable bonds is 2. The maximum Gasteiger partial charge on any atom is 0.211 e. The van der Waals surface area contributed by atoms with E-state index in [1.165, 1.54) is 18.2 Å². The molecule has 1 heterocycles. The standard InChI is InChI=1S/C16H15N3O2S/c1-10(12-9-11(20)7-8-14(12)21)17-18-16-19(2)13-5-3-4-6-15(13)22-16/h3-9,20-21H,1-2H3/b17-10+,18-16-. The van der Waals surface area contributed by atoms with Crippen LogP contribution >= 0.6 is 11.3 Å². The third kappa shape index (κ3) is 2.60. The van der Waals surface area contributed by atoms with Crippen LogP contribution in [-0.4, -0.2) is 20.5 Å². The van der Waals surface area contributed by atoms with Gasteiger partial charge in [-0.25, -0.2) is 0 Å². The summed E-state index contributed by atoms with van der Waals surface area (Å²) in [6.07, 6.45) is 0. The van der Waals surface area contributed by atoms with Gasteiger partial charge in [0, 0.05) is 12.6 Å². The van der Waals surface area contributed by atoms with Crippen LogP contribution in [-0.2, 0) is 7.05 Å². The van der Waals surface area contributed by atoms with Gasteiger partial charge >= 0.3 is 0 Å². The smallest absolute Gasteiger partial charge is 0.211 e. The quantitative estimate of drug-likeness (QED) is 0.434.